The second kappa shape index (κ2) is 5.66. The molecule has 0 aliphatic carbocycles. The van der Waals surface area contributed by atoms with Gasteiger partial charge in [0.1, 0.15) is 0 Å². The summed E-state index contributed by atoms with van der Waals surface area (Å²) in [5, 5.41) is 4.05. The van der Waals surface area contributed by atoms with Gasteiger partial charge in [0.05, 0.1) is 13.2 Å². The van der Waals surface area contributed by atoms with E-state index < -0.39 is 17.5 Å². The van der Waals surface area contributed by atoms with E-state index in [9.17, 15) is 9.59 Å². The SMILES string of the molecule is CCOC(=O)c1ccn(C(C)(C)C(=O)OCC)n1. The Morgan fingerprint density at radius 3 is 2.44 bits per heavy atom. The minimum atomic E-state index is -0.958. The van der Waals surface area contributed by atoms with Crippen LogP contribution in [-0.2, 0) is 19.8 Å². The first-order chi connectivity index (χ1) is 8.43. The lowest BCUT2D eigenvalue weighted by atomic mass is 10.1. The molecule has 0 aliphatic rings. The molecule has 0 amide bonds. The van der Waals surface area contributed by atoms with Gasteiger partial charge in [0.15, 0.2) is 11.2 Å². The first-order valence-electron chi connectivity index (χ1n) is 5.84. The van der Waals surface area contributed by atoms with Crippen LogP contribution >= 0.6 is 0 Å². The fourth-order valence-electron chi connectivity index (χ4n) is 1.35. The Bertz CT molecular complexity index is 437. The average Bonchev–Trinajstić information content (AvgIpc) is 2.79. The zero-order chi connectivity index (χ0) is 13.8. The van der Waals surface area contributed by atoms with Gasteiger partial charge in [0.25, 0.3) is 0 Å². The number of hydrogen-bond acceptors (Lipinski definition) is 5. The summed E-state index contributed by atoms with van der Waals surface area (Å²) in [4.78, 5) is 23.2. The minimum Gasteiger partial charge on any atom is -0.464 e. The van der Waals surface area contributed by atoms with Gasteiger partial charge in [-0.05, 0) is 33.8 Å². The first-order valence-corrected chi connectivity index (χ1v) is 5.84. The summed E-state index contributed by atoms with van der Waals surface area (Å²) in [5.74, 6) is -0.903. The van der Waals surface area contributed by atoms with E-state index in [0.717, 1.165) is 0 Å². The molecular formula is C12H18N2O4. The van der Waals surface area contributed by atoms with Gasteiger partial charge in [-0.3, -0.25) is 4.68 Å². The van der Waals surface area contributed by atoms with Gasteiger partial charge in [0, 0.05) is 6.20 Å². The zero-order valence-electron chi connectivity index (χ0n) is 11.1. The Balaban J connectivity index is 2.90. The van der Waals surface area contributed by atoms with Crippen LogP contribution < -0.4 is 0 Å². The Kier molecular flexibility index (Phi) is 4.47. The van der Waals surface area contributed by atoms with Gasteiger partial charge in [-0.2, -0.15) is 5.10 Å². The monoisotopic (exact) mass is 254 g/mol. The van der Waals surface area contributed by atoms with E-state index in [1.807, 2.05) is 0 Å². The molecule has 0 aliphatic heterocycles. The van der Waals surface area contributed by atoms with Crippen molar-refractivity contribution in [2.24, 2.45) is 0 Å². The van der Waals surface area contributed by atoms with E-state index in [2.05, 4.69) is 5.10 Å². The molecule has 1 aromatic heterocycles. The van der Waals surface area contributed by atoms with E-state index in [4.69, 9.17) is 9.47 Å². The fourth-order valence-corrected chi connectivity index (χ4v) is 1.35. The molecule has 0 fully saturated rings. The Morgan fingerprint density at radius 1 is 1.28 bits per heavy atom. The highest BCUT2D eigenvalue weighted by atomic mass is 16.5. The molecule has 0 aromatic carbocycles. The first kappa shape index (κ1) is 14.2. The molecule has 0 radical (unpaired) electrons. The number of rotatable bonds is 5. The lowest BCUT2D eigenvalue weighted by Gasteiger charge is -2.22. The summed E-state index contributed by atoms with van der Waals surface area (Å²) in [6.07, 6.45) is 1.56. The normalized spacial score (nSPS) is 11.1. The van der Waals surface area contributed by atoms with Crippen LogP contribution in [0.4, 0.5) is 0 Å². The molecule has 0 bridgehead atoms. The van der Waals surface area contributed by atoms with Gasteiger partial charge in [-0.25, -0.2) is 9.59 Å². The summed E-state index contributed by atoms with van der Waals surface area (Å²) < 4.78 is 11.2. The van der Waals surface area contributed by atoms with E-state index in [-0.39, 0.29) is 12.3 Å². The molecule has 0 saturated carbocycles. The molecule has 0 atom stereocenters. The molecule has 1 heterocycles. The second-order valence-electron chi connectivity index (χ2n) is 4.15. The maximum Gasteiger partial charge on any atom is 0.358 e. The number of hydrogen-bond donors (Lipinski definition) is 0. The molecule has 6 heteroatoms. The number of ether oxygens (including phenoxy) is 2. The third-order valence-corrected chi connectivity index (χ3v) is 2.42. The van der Waals surface area contributed by atoms with Crippen LogP contribution in [0.3, 0.4) is 0 Å². The van der Waals surface area contributed by atoms with Crippen molar-refractivity contribution in [2.45, 2.75) is 33.2 Å². The predicted molar refractivity (Wildman–Crippen MR) is 64.1 cm³/mol. The molecule has 0 unspecified atom stereocenters. The van der Waals surface area contributed by atoms with Crippen LogP contribution in [0.1, 0.15) is 38.2 Å². The van der Waals surface area contributed by atoms with Crippen molar-refractivity contribution in [1.29, 1.82) is 0 Å². The van der Waals surface area contributed by atoms with Crippen LogP contribution in [0.2, 0.25) is 0 Å². The topological polar surface area (TPSA) is 70.4 Å². The number of carbonyl (C=O) groups excluding carboxylic acids is 2. The summed E-state index contributed by atoms with van der Waals surface area (Å²) in [7, 11) is 0. The van der Waals surface area contributed by atoms with E-state index in [1.165, 1.54) is 10.7 Å². The number of nitrogens with zero attached hydrogens (tertiary/aromatic N) is 2. The Labute approximate surface area is 106 Å². The average molecular weight is 254 g/mol. The summed E-state index contributed by atoms with van der Waals surface area (Å²) in [6.45, 7) is 7.39. The molecule has 6 nitrogen and oxygen atoms in total. The quantitative estimate of drug-likeness (QED) is 0.742. The van der Waals surface area contributed by atoms with Crippen molar-refractivity contribution in [3.8, 4) is 0 Å². The molecule has 18 heavy (non-hydrogen) atoms. The van der Waals surface area contributed by atoms with Crippen molar-refractivity contribution in [2.75, 3.05) is 13.2 Å². The van der Waals surface area contributed by atoms with Crippen LogP contribution in [0.5, 0.6) is 0 Å². The zero-order valence-corrected chi connectivity index (χ0v) is 11.1. The highest BCUT2D eigenvalue weighted by Crippen LogP contribution is 2.17. The predicted octanol–water partition coefficient (Wildman–Crippen LogP) is 1.36. The Morgan fingerprint density at radius 2 is 1.89 bits per heavy atom. The highest BCUT2D eigenvalue weighted by molar-refractivity contribution is 5.87. The lowest BCUT2D eigenvalue weighted by molar-refractivity contribution is -0.152. The standard InChI is InChI=1S/C12H18N2O4/c1-5-17-10(15)9-7-8-14(13-9)12(3,4)11(16)18-6-2/h7-8H,5-6H2,1-4H3. The molecule has 0 saturated heterocycles. The molecule has 100 valence electrons. The van der Waals surface area contributed by atoms with Crippen LogP contribution in [0.15, 0.2) is 12.3 Å². The van der Waals surface area contributed by atoms with E-state index in [0.29, 0.717) is 6.61 Å². The van der Waals surface area contributed by atoms with Crippen molar-refractivity contribution in [1.82, 2.24) is 9.78 Å². The van der Waals surface area contributed by atoms with Gasteiger partial charge >= 0.3 is 11.9 Å². The van der Waals surface area contributed by atoms with Crippen LogP contribution in [0, 0.1) is 0 Å². The largest absolute Gasteiger partial charge is 0.464 e. The van der Waals surface area contributed by atoms with Gasteiger partial charge < -0.3 is 9.47 Å². The molecule has 0 N–H and O–H groups in total. The third kappa shape index (κ3) is 2.88. The maximum absolute atomic E-state index is 11.8. The number of aromatic nitrogens is 2. The second-order valence-corrected chi connectivity index (χ2v) is 4.15. The van der Waals surface area contributed by atoms with Gasteiger partial charge in [0.2, 0.25) is 0 Å². The van der Waals surface area contributed by atoms with Crippen molar-refractivity contribution in [3.05, 3.63) is 18.0 Å². The third-order valence-electron chi connectivity index (χ3n) is 2.42. The summed E-state index contributed by atoms with van der Waals surface area (Å²) in [6, 6.07) is 1.51. The number of esters is 2. The molecular weight excluding hydrogens is 236 g/mol. The van der Waals surface area contributed by atoms with Gasteiger partial charge in [-0.1, -0.05) is 0 Å². The fraction of sp³-hybridized carbons (Fsp3) is 0.583. The van der Waals surface area contributed by atoms with Crippen LogP contribution in [-0.4, -0.2) is 34.9 Å². The Hall–Kier alpha value is -1.85. The van der Waals surface area contributed by atoms with Crippen LogP contribution in [0.25, 0.3) is 0 Å². The van der Waals surface area contributed by atoms with Crippen molar-refractivity contribution >= 4 is 11.9 Å². The minimum absolute atomic E-state index is 0.175. The van der Waals surface area contributed by atoms with Crippen molar-refractivity contribution in [3.63, 3.8) is 0 Å². The van der Waals surface area contributed by atoms with Crippen molar-refractivity contribution < 1.29 is 19.1 Å². The van der Waals surface area contributed by atoms with E-state index >= 15 is 0 Å². The van der Waals surface area contributed by atoms with E-state index in [1.54, 1.807) is 33.9 Å². The highest BCUT2D eigenvalue weighted by Gasteiger charge is 2.32. The lowest BCUT2D eigenvalue weighted by Crippen LogP contribution is -2.38. The van der Waals surface area contributed by atoms with Gasteiger partial charge in [-0.15, -0.1) is 0 Å². The molecule has 1 rings (SSSR count). The number of carbonyl (C=O) groups is 2. The maximum atomic E-state index is 11.8. The smallest absolute Gasteiger partial charge is 0.358 e. The molecule has 1 aromatic rings. The summed E-state index contributed by atoms with van der Waals surface area (Å²) in [5.41, 5.74) is -0.782. The molecule has 0 spiro atoms. The summed E-state index contributed by atoms with van der Waals surface area (Å²) >= 11 is 0.